The second kappa shape index (κ2) is 6.25. The molecular formula is C15H21Cl2F. The van der Waals surface area contributed by atoms with Crippen LogP contribution in [0.3, 0.4) is 0 Å². The molecule has 0 aliphatic rings. The minimum Gasteiger partial charge on any atom is -0.207 e. The Kier molecular flexibility index (Phi) is 5.48. The van der Waals surface area contributed by atoms with Gasteiger partial charge in [-0.3, -0.25) is 0 Å². The molecule has 18 heavy (non-hydrogen) atoms. The number of halogens is 3. The average Bonchev–Trinajstić information content (AvgIpc) is 2.30. The predicted molar refractivity (Wildman–Crippen MR) is 78.2 cm³/mol. The average molecular weight is 291 g/mol. The van der Waals surface area contributed by atoms with Gasteiger partial charge in [-0.15, -0.1) is 23.2 Å². The third-order valence-corrected chi connectivity index (χ3v) is 4.33. The zero-order valence-electron chi connectivity index (χ0n) is 11.3. The minimum absolute atomic E-state index is 0.219. The number of benzene rings is 1. The molecule has 0 saturated carbocycles. The van der Waals surface area contributed by atoms with E-state index in [4.69, 9.17) is 23.2 Å². The number of hydrogen-bond donors (Lipinski definition) is 0. The van der Waals surface area contributed by atoms with Crippen molar-refractivity contribution < 1.29 is 4.39 Å². The van der Waals surface area contributed by atoms with E-state index in [1.807, 2.05) is 6.07 Å². The molecule has 0 spiro atoms. The largest absolute Gasteiger partial charge is 0.207 e. The summed E-state index contributed by atoms with van der Waals surface area (Å²) in [5.41, 5.74) is 0.784. The van der Waals surface area contributed by atoms with Crippen molar-refractivity contribution in [2.24, 2.45) is 5.41 Å². The van der Waals surface area contributed by atoms with E-state index in [9.17, 15) is 4.39 Å². The molecule has 0 aromatic heterocycles. The molecule has 0 aliphatic heterocycles. The fourth-order valence-electron chi connectivity index (χ4n) is 1.90. The van der Waals surface area contributed by atoms with Gasteiger partial charge < -0.3 is 0 Å². The van der Waals surface area contributed by atoms with E-state index in [1.54, 1.807) is 12.1 Å². The van der Waals surface area contributed by atoms with Crippen molar-refractivity contribution in [3.8, 4) is 0 Å². The molecule has 0 amide bonds. The lowest BCUT2D eigenvalue weighted by atomic mass is 9.75. The molecule has 0 saturated heterocycles. The van der Waals surface area contributed by atoms with Crippen molar-refractivity contribution in [2.45, 2.75) is 39.0 Å². The van der Waals surface area contributed by atoms with E-state index in [2.05, 4.69) is 20.8 Å². The van der Waals surface area contributed by atoms with E-state index in [0.29, 0.717) is 11.8 Å². The highest BCUT2D eigenvalue weighted by molar-refractivity contribution is 6.22. The van der Waals surface area contributed by atoms with Crippen molar-refractivity contribution in [3.05, 3.63) is 35.6 Å². The first-order chi connectivity index (χ1) is 8.33. The standard InChI is InChI=1S/C15H21Cl2F/c1-14(2,3)7-8-15(10-16,11-17)12-5-4-6-13(18)9-12/h4-6,9H,7-8,10-11H2,1-3H3. The highest BCUT2D eigenvalue weighted by Crippen LogP contribution is 2.36. The first-order valence-corrected chi connectivity index (χ1v) is 7.28. The summed E-state index contributed by atoms with van der Waals surface area (Å²) in [5.74, 6) is 0.592. The lowest BCUT2D eigenvalue weighted by Gasteiger charge is -2.33. The smallest absolute Gasteiger partial charge is 0.123 e. The molecule has 0 bridgehead atoms. The van der Waals surface area contributed by atoms with Crippen molar-refractivity contribution >= 4 is 23.2 Å². The second-order valence-corrected chi connectivity index (χ2v) is 6.65. The molecule has 1 rings (SSSR count). The fourth-order valence-corrected chi connectivity index (χ4v) is 2.76. The van der Waals surface area contributed by atoms with Gasteiger partial charge in [0.25, 0.3) is 0 Å². The maximum absolute atomic E-state index is 13.4. The molecule has 0 nitrogen and oxygen atoms in total. The van der Waals surface area contributed by atoms with E-state index in [1.165, 1.54) is 6.07 Å². The monoisotopic (exact) mass is 290 g/mol. The SMILES string of the molecule is CC(C)(C)CCC(CCl)(CCl)c1cccc(F)c1. The first kappa shape index (κ1) is 15.8. The van der Waals surface area contributed by atoms with Crippen LogP contribution in [0, 0.1) is 11.2 Å². The van der Waals surface area contributed by atoms with Gasteiger partial charge in [0.15, 0.2) is 0 Å². The van der Waals surface area contributed by atoms with Gasteiger partial charge in [-0.1, -0.05) is 32.9 Å². The maximum Gasteiger partial charge on any atom is 0.123 e. The zero-order chi connectivity index (χ0) is 13.8. The van der Waals surface area contributed by atoms with E-state index >= 15 is 0 Å². The van der Waals surface area contributed by atoms with E-state index < -0.39 is 0 Å². The molecule has 0 N–H and O–H groups in total. The summed E-state index contributed by atoms with van der Waals surface area (Å²) in [7, 11) is 0. The summed E-state index contributed by atoms with van der Waals surface area (Å²) in [4.78, 5) is 0. The van der Waals surface area contributed by atoms with Crippen LogP contribution < -0.4 is 0 Å². The Labute approximate surface area is 119 Å². The fraction of sp³-hybridized carbons (Fsp3) is 0.600. The van der Waals surface area contributed by atoms with Crippen molar-refractivity contribution in [3.63, 3.8) is 0 Å². The Morgan fingerprint density at radius 1 is 1.06 bits per heavy atom. The summed E-state index contributed by atoms with van der Waals surface area (Å²) in [5, 5.41) is 0. The van der Waals surface area contributed by atoms with Gasteiger partial charge >= 0.3 is 0 Å². The van der Waals surface area contributed by atoms with Gasteiger partial charge in [-0.25, -0.2) is 4.39 Å². The van der Waals surface area contributed by atoms with Crippen LogP contribution in [0.2, 0.25) is 0 Å². The Hall–Kier alpha value is -0.270. The van der Waals surface area contributed by atoms with Gasteiger partial charge in [0.1, 0.15) is 5.82 Å². The lowest BCUT2D eigenvalue weighted by Crippen LogP contribution is -2.32. The van der Waals surface area contributed by atoms with Crippen molar-refractivity contribution in [2.75, 3.05) is 11.8 Å². The molecule has 0 unspecified atom stereocenters. The minimum atomic E-state index is -0.335. The number of rotatable bonds is 5. The van der Waals surface area contributed by atoms with E-state index in [-0.39, 0.29) is 16.6 Å². The van der Waals surface area contributed by atoms with E-state index in [0.717, 1.165) is 18.4 Å². The van der Waals surface area contributed by atoms with Gasteiger partial charge in [-0.05, 0) is 36.0 Å². The van der Waals surface area contributed by atoms with Gasteiger partial charge in [0, 0.05) is 17.2 Å². The quantitative estimate of drug-likeness (QED) is 0.640. The summed E-state index contributed by atoms with van der Waals surface area (Å²) in [6, 6.07) is 6.63. The molecule has 0 heterocycles. The second-order valence-electron chi connectivity index (χ2n) is 6.12. The third-order valence-electron chi connectivity index (χ3n) is 3.30. The molecule has 0 atom stereocenters. The van der Waals surface area contributed by atoms with Crippen LogP contribution >= 0.6 is 23.2 Å². The normalized spacial score (nSPS) is 12.8. The van der Waals surface area contributed by atoms with Crippen LogP contribution in [0.25, 0.3) is 0 Å². The number of alkyl halides is 2. The van der Waals surface area contributed by atoms with Crippen LogP contribution in [0.15, 0.2) is 24.3 Å². The zero-order valence-corrected chi connectivity index (χ0v) is 12.8. The lowest BCUT2D eigenvalue weighted by molar-refractivity contribution is 0.318. The van der Waals surface area contributed by atoms with Crippen LogP contribution in [0.1, 0.15) is 39.2 Å². The predicted octanol–water partition coefficient (Wildman–Crippen LogP) is 5.37. The molecule has 3 heteroatoms. The summed E-state index contributed by atoms with van der Waals surface area (Å²) >= 11 is 12.3. The third kappa shape index (κ3) is 4.13. The highest BCUT2D eigenvalue weighted by Gasteiger charge is 2.32. The summed E-state index contributed by atoms with van der Waals surface area (Å²) < 4.78 is 13.4. The molecule has 102 valence electrons. The van der Waals surface area contributed by atoms with Crippen LogP contribution in [-0.2, 0) is 5.41 Å². The van der Waals surface area contributed by atoms with Crippen molar-refractivity contribution in [1.29, 1.82) is 0 Å². The molecule has 1 aromatic rings. The van der Waals surface area contributed by atoms with Gasteiger partial charge in [0.2, 0.25) is 0 Å². The molecule has 0 radical (unpaired) electrons. The molecular weight excluding hydrogens is 270 g/mol. The van der Waals surface area contributed by atoms with Gasteiger partial charge in [0.05, 0.1) is 0 Å². The Bertz CT molecular complexity index is 378. The summed E-state index contributed by atoms with van der Waals surface area (Å²) in [6.45, 7) is 6.56. The topological polar surface area (TPSA) is 0 Å². The highest BCUT2D eigenvalue weighted by atomic mass is 35.5. The van der Waals surface area contributed by atoms with Gasteiger partial charge in [-0.2, -0.15) is 0 Å². The number of hydrogen-bond acceptors (Lipinski definition) is 0. The Morgan fingerprint density at radius 3 is 2.11 bits per heavy atom. The maximum atomic E-state index is 13.4. The molecule has 0 fully saturated rings. The van der Waals surface area contributed by atoms with Crippen LogP contribution in [0.5, 0.6) is 0 Å². The first-order valence-electron chi connectivity index (χ1n) is 6.21. The van der Waals surface area contributed by atoms with Crippen LogP contribution in [-0.4, -0.2) is 11.8 Å². The molecule has 1 aromatic carbocycles. The Balaban J connectivity index is 2.99. The molecule has 0 aliphatic carbocycles. The summed E-state index contributed by atoms with van der Waals surface area (Å²) in [6.07, 6.45) is 1.87. The van der Waals surface area contributed by atoms with Crippen molar-refractivity contribution in [1.82, 2.24) is 0 Å². The Morgan fingerprint density at radius 2 is 1.67 bits per heavy atom. The van der Waals surface area contributed by atoms with Crippen LogP contribution in [0.4, 0.5) is 4.39 Å².